The molecule has 0 spiro atoms. The zero-order valence-electron chi connectivity index (χ0n) is 17.8. The molecular weight excluding hydrogens is 374 g/mol. The number of likely N-dealkylation sites (tertiary alicyclic amines) is 1. The summed E-state index contributed by atoms with van der Waals surface area (Å²) in [5, 5.41) is 4.27. The number of fused-ring (bicyclic) bond motifs is 1. The van der Waals surface area contributed by atoms with Crippen molar-refractivity contribution in [3.63, 3.8) is 0 Å². The standard InChI is InChI=1S/C24H29N5O/c1-17-12-23(18(2)29(17)22-7-6-19-4-3-5-20(19)13-22)24(30)14-27-10-8-21(9-11-27)28-16-25-15-26-28/h6-7,12-13,15-16,21H,3-5,8-11,14H2,1-2H3. The van der Waals surface area contributed by atoms with Crippen LogP contribution in [0.3, 0.4) is 0 Å². The minimum absolute atomic E-state index is 0.217. The number of Topliss-reactive ketones (excluding diaryl/α,β-unsaturated/α-hetero) is 1. The highest BCUT2D eigenvalue weighted by Crippen LogP contribution is 2.28. The van der Waals surface area contributed by atoms with Crippen molar-refractivity contribution in [3.05, 3.63) is 65.0 Å². The van der Waals surface area contributed by atoms with Gasteiger partial charge in [-0.3, -0.25) is 9.69 Å². The fourth-order valence-corrected chi connectivity index (χ4v) is 5.18. The van der Waals surface area contributed by atoms with Crippen LogP contribution in [0.15, 0.2) is 36.9 Å². The van der Waals surface area contributed by atoms with E-state index in [1.165, 1.54) is 36.1 Å². The van der Waals surface area contributed by atoms with E-state index in [-0.39, 0.29) is 5.78 Å². The Bertz CT molecular complexity index is 1060. The molecule has 1 saturated heterocycles. The molecule has 3 heterocycles. The van der Waals surface area contributed by atoms with Crippen molar-refractivity contribution < 1.29 is 4.79 Å². The zero-order chi connectivity index (χ0) is 20.7. The number of carbonyl (C=O) groups is 1. The molecule has 2 aliphatic rings. The SMILES string of the molecule is Cc1cc(C(=O)CN2CCC(n3cncn3)CC2)c(C)n1-c1ccc2c(c1)CCC2. The van der Waals surface area contributed by atoms with Gasteiger partial charge < -0.3 is 4.57 Å². The highest BCUT2D eigenvalue weighted by molar-refractivity contribution is 5.99. The number of hydrogen-bond donors (Lipinski definition) is 0. The van der Waals surface area contributed by atoms with Crippen LogP contribution >= 0.6 is 0 Å². The zero-order valence-corrected chi connectivity index (χ0v) is 17.8. The molecule has 2 aromatic heterocycles. The molecule has 1 fully saturated rings. The molecule has 5 rings (SSSR count). The fraction of sp³-hybridized carbons (Fsp3) is 0.458. The van der Waals surface area contributed by atoms with Gasteiger partial charge in [0.05, 0.1) is 12.6 Å². The van der Waals surface area contributed by atoms with Crippen LogP contribution in [0.4, 0.5) is 0 Å². The third-order valence-corrected chi connectivity index (χ3v) is 6.81. The van der Waals surface area contributed by atoms with Gasteiger partial charge >= 0.3 is 0 Å². The number of aryl methyl sites for hydroxylation is 3. The van der Waals surface area contributed by atoms with Gasteiger partial charge in [0.15, 0.2) is 5.78 Å². The summed E-state index contributed by atoms with van der Waals surface area (Å²) < 4.78 is 4.19. The number of benzene rings is 1. The Morgan fingerprint density at radius 1 is 1.10 bits per heavy atom. The highest BCUT2D eigenvalue weighted by atomic mass is 16.1. The van der Waals surface area contributed by atoms with Gasteiger partial charge in [0.1, 0.15) is 12.7 Å². The molecule has 30 heavy (non-hydrogen) atoms. The van der Waals surface area contributed by atoms with E-state index in [0.29, 0.717) is 12.6 Å². The first-order valence-electron chi connectivity index (χ1n) is 11.0. The number of piperidine rings is 1. The Hall–Kier alpha value is -2.73. The van der Waals surface area contributed by atoms with E-state index in [1.807, 2.05) is 4.68 Å². The summed E-state index contributed by atoms with van der Waals surface area (Å²) in [5.41, 5.74) is 7.14. The maximum atomic E-state index is 13.1. The summed E-state index contributed by atoms with van der Waals surface area (Å²) in [7, 11) is 0. The summed E-state index contributed by atoms with van der Waals surface area (Å²) in [4.78, 5) is 19.5. The minimum Gasteiger partial charge on any atom is -0.318 e. The second-order valence-corrected chi connectivity index (χ2v) is 8.73. The first kappa shape index (κ1) is 19.2. The summed E-state index contributed by atoms with van der Waals surface area (Å²) in [5.74, 6) is 0.217. The van der Waals surface area contributed by atoms with Crippen molar-refractivity contribution in [2.45, 2.75) is 52.0 Å². The number of carbonyl (C=O) groups excluding carboxylic acids is 1. The number of hydrogen-bond acceptors (Lipinski definition) is 4. The largest absolute Gasteiger partial charge is 0.318 e. The Labute approximate surface area is 177 Å². The molecule has 3 aromatic rings. The molecule has 6 nitrogen and oxygen atoms in total. The molecule has 1 aliphatic carbocycles. The lowest BCUT2D eigenvalue weighted by atomic mass is 10.0. The molecule has 0 saturated carbocycles. The van der Waals surface area contributed by atoms with Gasteiger partial charge in [-0.15, -0.1) is 0 Å². The van der Waals surface area contributed by atoms with Crippen LogP contribution in [0.1, 0.15) is 58.2 Å². The second kappa shape index (κ2) is 7.84. The predicted octanol–water partition coefficient (Wildman–Crippen LogP) is 3.69. The highest BCUT2D eigenvalue weighted by Gasteiger charge is 2.24. The third kappa shape index (κ3) is 3.49. The van der Waals surface area contributed by atoms with Gasteiger partial charge in [-0.05, 0) is 75.3 Å². The molecule has 0 radical (unpaired) electrons. The van der Waals surface area contributed by atoms with Crippen LogP contribution in [-0.4, -0.2) is 49.6 Å². The quantitative estimate of drug-likeness (QED) is 0.610. The first-order valence-corrected chi connectivity index (χ1v) is 11.0. The van der Waals surface area contributed by atoms with E-state index in [0.717, 1.165) is 42.9 Å². The third-order valence-electron chi connectivity index (χ3n) is 6.81. The van der Waals surface area contributed by atoms with E-state index in [4.69, 9.17) is 0 Å². The van der Waals surface area contributed by atoms with Crippen molar-refractivity contribution in [2.75, 3.05) is 19.6 Å². The van der Waals surface area contributed by atoms with Crippen LogP contribution in [0.25, 0.3) is 5.69 Å². The summed E-state index contributed by atoms with van der Waals surface area (Å²) in [6, 6.07) is 9.23. The number of nitrogens with zero attached hydrogens (tertiary/aromatic N) is 5. The first-order chi connectivity index (χ1) is 14.6. The molecule has 1 aromatic carbocycles. The van der Waals surface area contributed by atoms with Crippen molar-refractivity contribution in [2.24, 2.45) is 0 Å². The molecule has 1 aliphatic heterocycles. The van der Waals surface area contributed by atoms with E-state index in [9.17, 15) is 4.79 Å². The topological polar surface area (TPSA) is 56.0 Å². The maximum absolute atomic E-state index is 13.1. The fourth-order valence-electron chi connectivity index (χ4n) is 5.18. The normalized spacial score (nSPS) is 17.4. The summed E-state index contributed by atoms with van der Waals surface area (Å²) in [6.45, 7) is 6.49. The van der Waals surface area contributed by atoms with Gasteiger partial charge in [-0.25, -0.2) is 9.67 Å². The van der Waals surface area contributed by atoms with Crippen molar-refractivity contribution in [3.8, 4) is 5.69 Å². The number of rotatable bonds is 5. The molecule has 0 atom stereocenters. The average Bonchev–Trinajstić information content (AvgIpc) is 3.48. The Balaban J connectivity index is 1.29. The molecular formula is C24H29N5O. The molecule has 0 amide bonds. The van der Waals surface area contributed by atoms with E-state index < -0.39 is 0 Å². The average molecular weight is 404 g/mol. The van der Waals surface area contributed by atoms with E-state index in [2.05, 4.69) is 57.7 Å². The van der Waals surface area contributed by atoms with Gasteiger partial charge in [0, 0.05) is 35.7 Å². The van der Waals surface area contributed by atoms with Crippen molar-refractivity contribution >= 4 is 5.78 Å². The maximum Gasteiger partial charge on any atom is 0.178 e. The number of ketones is 1. The van der Waals surface area contributed by atoms with Crippen LogP contribution in [0.2, 0.25) is 0 Å². The second-order valence-electron chi connectivity index (χ2n) is 8.73. The van der Waals surface area contributed by atoms with Gasteiger partial charge in [-0.1, -0.05) is 6.07 Å². The van der Waals surface area contributed by atoms with Crippen LogP contribution in [0, 0.1) is 13.8 Å². The van der Waals surface area contributed by atoms with E-state index in [1.54, 1.807) is 12.7 Å². The molecule has 0 unspecified atom stereocenters. The molecule has 6 heteroatoms. The lowest BCUT2D eigenvalue weighted by Crippen LogP contribution is -2.38. The van der Waals surface area contributed by atoms with Gasteiger partial charge in [0.2, 0.25) is 0 Å². The smallest absolute Gasteiger partial charge is 0.178 e. The van der Waals surface area contributed by atoms with Crippen LogP contribution < -0.4 is 0 Å². The van der Waals surface area contributed by atoms with Crippen molar-refractivity contribution in [1.82, 2.24) is 24.2 Å². The monoisotopic (exact) mass is 403 g/mol. The Morgan fingerprint density at radius 3 is 2.67 bits per heavy atom. The summed E-state index contributed by atoms with van der Waals surface area (Å²) >= 11 is 0. The van der Waals surface area contributed by atoms with E-state index >= 15 is 0 Å². The van der Waals surface area contributed by atoms with Gasteiger partial charge in [-0.2, -0.15) is 5.10 Å². The molecule has 0 bridgehead atoms. The van der Waals surface area contributed by atoms with Crippen LogP contribution in [0.5, 0.6) is 0 Å². The molecule has 0 N–H and O–H groups in total. The minimum atomic E-state index is 0.217. The van der Waals surface area contributed by atoms with Crippen molar-refractivity contribution in [1.29, 1.82) is 0 Å². The van der Waals surface area contributed by atoms with Crippen LogP contribution in [-0.2, 0) is 12.8 Å². The molecule has 156 valence electrons. The Kier molecular flexibility index (Phi) is 5.03. The Morgan fingerprint density at radius 2 is 1.90 bits per heavy atom. The van der Waals surface area contributed by atoms with Gasteiger partial charge in [0.25, 0.3) is 0 Å². The summed E-state index contributed by atoms with van der Waals surface area (Å²) in [6.07, 6.45) is 9.00. The lowest BCUT2D eigenvalue weighted by Gasteiger charge is -2.31. The predicted molar refractivity (Wildman–Crippen MR) is 116 cm³/mol. The lowest BCUT2D eigenvalue weighted by molar-refractivity contribution is 0.0894. The number of aromatic nitrogens is 4.